The second-order valence-corrected chi connectivity index (χ2v) is 6.88. The van der Waals surface area contributed by atoms with E-state index in [-0.39, 0.29) is 11.9 Å². The highest BCUT2D eigenvalue weighted by atomic mass is 16.2. The van der Waals surface area contributed by atoms with Gasteiger partial charge in [0.2, 0.25) is 5.91 Å². The van der Waals surface area contributed by atoms with Gasteiger partial charge in [0, 0.05) is 30.9 Å². The summed E-state index contributed by atoms with van der Waals surface area (Å²) in [6.45, 7) is 5.84. The number of aromatic nitrogens is 2. The molecule has 0 saturated carbocycles. The number of benzene rings is 1. The van der Waals surface area contributed by atoms with Gasteiger partial charge in [-0.1, -0.05) is 36.8 Å². The Kier molecular flexibility index (Phi) is 5.83. The zero-order valence-corrected chi connectivity index (χ0v) is 15.5. The van der Waals surface area contributed by atoms with E-state index in [2.05, 4.69) is 27.1 Å². The first-order valence-electron chi connectivity index (χ1n) is 9.25. The minimum absolute atomic E-state index is 0.109. The maximum Gasteiger partial charge on any atom is 0.241 e. The third kappa shape index (κ3) is 4.38. The lowest BCUT2D eigenvalue weighted by atomic mass is 10.0. The molecule has 0 radical (unpaired) electrons. The van der Waals surface area contributed by atoms with Crippen molar-refractivity contribution in [2.45, 2.75) is 45.2 Å². The van der Waals surface area contributed by atoms with Crippen LogP contribution in [0.3, 0.4) is 0 Å². The number of carbonyl (C=O) groups excluding carboxylic acids is 1. The molecule has 1 aliphatic heterocycles. The molecular formula is C20H27N5O. The van der Waals surface area contributed by atoms with E-state index in [0.717, 1.165) is 55.0 Å². The van der Waals surface area contributed by atoms with Gasteiger partial charge in [-0.25, -0.2) is 9.97 Å². The van der Waals surface area contributed by atoms with E-state index in [0.29, 0.717) is 0 Å². The Morgan fingerprint density at radius 3 is 2.62 bits per heavy atom. The summed E-state index contributed by atoms with van der Waals surface area (Å²) in [4.78, 5) is 23.3. The molecule has 138 valence electrons. The first-order valence-corrected chi connectivity index (χ1v) is 9.25. The summed E-state index contributed by atoms with van der Waals surface area (Å²) in [6, 6.07) is 9.38. The van der Waals surface area contributed by atoms with Gasteiger partial charge in [0.1, 0.15) is 18.2 Å². The summed E-state index contributed by atoms with van der Waals surface area (Å²) in [6.07, 6.45) is 4.30. The van der Waals surface area contributed by atoms with Crippen molar-refractivity contribution < 1.29 is 4.79 Å². The van der Waals surface area contributed by atoms with Crippen molar-refractivity contribution in [2.75, 3.05) is 18.0 Å². The smallest absolute Gasteiger partial charge is 0.241 e. The van der Waals surface area contributed by atoms with Gasteiger partial charge < -0.3 is 16.0 Å². The highest BCUT2D eigenvalue weighted by molar-refractivity contribution is 5.83. The molecule has 6 heteroatoms. The van der Waals surface area contributed by atoms with Crippen molar-refractivity contribution in [3.05, 3.63) is 53.5 Å². The van der Waals surface area contributed by atoms with Crippen LogP contribution in [0.25, 0.3) is 0 Å². The van der Waals surface area contributed by atoms with E-state index in [9.17, 15) is 4.79 Å². The number of hydrogen-bond donors (Lipinski definition) is 2. The third-order valence-electron chi connectivity index (χ3n) is 4.96. The van der Waals surface area contributed by atoms with Crippen LogP contribution in [0.1, 0.15) is 42.6 Å². The van der Waals surface area contributed by atoms with Crippen molar-refractivity contribution in [3.8, 4) is 0 Å². The highest BCUT2D eigenvalue weighted by Gasteiger charge is 2.24. The molecule has 6 nitrogen and oxygen atoms in total. The van der Waals surface area contributed by atoms with Crippen LogP contribution < -0.4 is 16.0 Å². The normalized spacial score (nSPS) is 16.3. The lowest BCUT2D eigenvalue weighted by molar-refractivity contribution is -0.123. The largest absolute Gasteiger partial charge is 0.356 e. The molecule has 1 amide bonds. The van der Waals surface area contributed by atoms with Crippen molar-refractivity contribution in [2.24, 2.45) is 5.73 Å². The fraction of sp³-hybridized carbons (Fsp3) is 0.450. The maximum absolute atomic E-state index is 12.5. The molecule has 1 aliphatic rings. The van der Waals surface area contributed by atoms with E-state index in [1.807, 2.05) is 37.3 Å². The minimum Gasteiger partial charge on any atom is -0.356 e. The quantitative estimate of drug-likeness (QED) is 0.860. The van der Waals surface area contributed by atoms with Gasteiger partial charge in [0.05, 0.1) is 0 Å². The maximum atomic E-state index is 12.5. The Labute approximate surface area is 154 Å². The Morgan fingerprint density at radius 2 is 1.96 bits per heavy atom. The summed E-state index contributed by atoms with van der Waals surface area (Å²) < 4.78 is 0. The van der Waals surface area contributed by atoms with Gasteiger partial charge in [-0.05, 0) is 31.7 Å². The predicted octanol–water partition coefficient (Wildman–Crippen LogP) is 2.13. The number of nitrogens with zero attached hydrogens (tertiary/aromatic N) is 3. The van der Waals surface area contributed by atoms with Gasteiger partial charge in [0.25, 0.3) is 0 Å². The van der Waals surface area contributed by atoms with Gasteiger partial charge in [-0.15, -0.1) is 0 Å². The summed E-state index contributed by atoms with van der Waals surface area (Å²) in [5, 5.41) is 3.10. The lowest BCUT2D eigenvalue weighted by Gasteiger charge is -2.33. The van der Waals surface area contributed by atoms with Crippen LogP contribution in [0.5, 0.6) is 0 Å². The molecule has 2 heterocycles. The van der Waals surface area contributed by atoms with Crippen LogP contribution in [-0.4, -0.2) is 35.0 Å². The number of hydrogen-bond acceptors (Lipinski definition) is 5. The molecular weight excluding hydrogens is 326 g/mol. The number of nitrogens with two attached hydrogens (primary N) is 1. The number of piperidine rings is 1. The first kappa shape index (κ1) is 18.3. The number of aryl methyl sites for hydroxylation is 2. The second-order valence-electron chi connectivity index (χ2n) is 6.88. The average molecular weight is 353 g/mol. The molecule has 1 atom stereocenters. The Hall–Kier alpha value is -2.47. The summed E-state index contributed by atoms with van der Waals surface area (Å²) in [5.41, 5.74) is 9.17. The SMILES string of the molecule is CCc1cc(N2CCC(NC(=O)C(N)c3ccc(C)cc3)CC2)ncn1. The molecule has 0 aliphatic carbocycles. The van der Waals surface area contributed by atoms with E-state index in [1.165, 1.54) is 0 Å². The van der Waals surface area contributed by atoms with Gasteiger partial charge in [-0.3, -0.25) is 4.79 Å². The Morgan fingerprint density at radius 1 is 1.27 bits per heavy atom. The fourth-order valence-electron chi connectivity index (χ4n) is 3.22. The van der Waals surface area contributed by atoms with Crippen molar-refractivity contribution >= 4 is 11.7 Å². The van der Waals surface area contributed by atoms with Crippen LogP contribution >= 0.6 is 0 Å². The number of anilines is 1. The topological polar surface area (TPSA) is 84.1 Å². The van der Waals surface area contributed by atoms with Gasteiger partial charge in [-0.2, -0.15) is 0 Å². The molecule has 3 rings (SSSR count). The summed E-state index contributed by atoms with van der Waals surface area (Å²) in [7, 11) is 0. The molecule has 1 aromatic carbocycles. The lowest BCUT2D eigenvalue weighted by Crippen LogP contribution is -2.47. The molecule has 2 aromatic rings. The van der Waals surface area contributed by atoms with E-state index < -0.39 is 6.04 Å². The monoisotopic (exact) mass is 353 g/mol. The number of carbonyl (C=O) groups is 1. The van der Waals surface area contributed by atoms with Gasteiger partial charge in [0.15, 0.2) is 0 Å². The second kappa shape index (κ2) is 8.27. The molecule has 0 bridgehead atoms. The van der Waals surface area contributed by atoms with Crippen molar-refractivity contribution in [1.82, 2.24) is 15.3 Å². The number of amides is 1. The average Bonchev–Trinajstić information content (AvgIpc) is 2.68. The number of nitrogens with one attached hydrogen (secondary N) is 1. The van der Waals surface area contributed by atoms with E-state index in [4.69, 9.17) is 5.73 Å². The molecule has 26 heavy (non-hydrogen) atoms. The van der Waals surface area contributed by atoms with Crippen molar-refractivity contribution in [3.63, 3.8) is 0 Å². The molecule has 1 saturated heterocycles. The molecule has 1 aromatic heterocycles. The number of rotatable bonds is 5. The predicted molar refractivity (Wildman–Crippen MR) is 103 cm³/mol. The Balaban J connectivity index is 1.53. The van der Waals surface area contributed by atoms with E-state index >= 15 is 0 Å². The molecule has 3 N–H and O–H groups in total. The first-order chi connectivity index (χ1) is 12.6. The zero-order valence-electron chi connectivity index (χ0n) is 15.5. The van der Waals surface area contributed by atoms with Crippen LogP contribution in [0.15, 0.2) is 36.7 Å². The molecule has 0 spiro atoms. The third-order valence-corrected chi connectivity index (χ3v) is 4.96. The Bertz CT molecular complexity index is 738. The highest BCUT2D eigenvalue weighted by Crippen LogP contribution is 2.19. The standard InChI is InChI=1S/C20H27N5O/c1-3-16-12-18(23-13-22-16)25-10-8-17(9-11-25)24-20(26)19(21)15-6-4-14(2)5-7-15/h4-7,12-13,17,19H,3,8-11,21H2,1-2H3,(H,24,26). The van der Waals surface area contributed by atoms with E-state index in [1.54, 1.807) is 6.33 Å². The summed E-state index contributed by atoms with van der Waals surface area (Å²) >= 11 is 0. The molecule has 1 fully saturated rings. The minimum atomic E-state index is -0.623. The van der Waals surface area contributed by atoms with Crippen LogP contribution in [0.2, 0.25) is 0 Å². The molecule has 1 unspecified atom stereocenters. The fourth-order valence-corrected chi connectivity index (χ4v) is 3.22. The van der Waals surface area contributed by atoms with Crippen LogP contribution in [-0.2, 0) is 11.2 Å². The summed E-state index contributed by atoms with van der Waals surface area (Å²) in [5.74, 6) is 0.862. The van der Waals surface area contributed by atoms with Gasteiger partial charge >= 0.3 is 0 Å². The van der Waals surface area contributed by atoms with Crippen molar-refractivity contribution in [1.29, 1.82) is 0 Å². The van der Waals surface area contributed by atoms with Crippen LogP contribution in [0, 0.1) is 6.92 Å². The zero-order chi connectivity index (χ0) is 18.5. The van der Waals surface area contributed by atoms with Crippen LogP contribution in [0.4, 0.5) is 5.82 Å².